The molecule has 23 heavy (non-hydrogen) atoms. The van der Waals surface area contributed by atoms with Gasteiger partial charge in [0, 0.05) is 13.6 Å². The monoisotopic (exact) mass is 329 g/mol. The predicted octanol–water partition coefficient (Wildman–Crippen LogP) is 2.23. The third-order valence-electron chi connectivity index (χ3n) is 3.51. The van der Waals surface area contributed by atoms with Gasteiger partial charge in [-0.05, 0) is 18.6 Å². The Hall–Kier alpha value is -2.25. The summed E-state index contributed by atoms with van der Waals surface area (Å²) in [5, 5.41) is 0. The Morgan fingerprint density at radius 2 is 1.74 bits per heavy atom. The van der Waals surface area contributed by atoms with Crippen molar-refractivity contribution in [3.05, 3.63) is 34.7 Å². The molecular formula is C15H18F3N3O2. The van der Waals surface area contributed by atoms with Crippen LogP contribution in [-0.4, -0.2) is 39.7 Å². The van der Waals surface area contributed by atoms with Crippen LogP contribution >= 0.6 is 0 Å². The van der Waals surface area contributed by atoms with Gasteiger partial charge in [-0.1, -0.05) is 19.1 Å². The zero-order valence-electron chi connectivity index (χ0n) is 12.9. The summed E-state index contributed by atoms with van der Waals surface area (Å²) in [7, 11) is 1.08. The van der Waals surface area contributed by atoms with Crippen molar-refractivity contribution in [3.63, 3.8) is 0 Å². The Labute approximate surface area is 130 Å². The van der Waals surface area contributed by atoms with Crippen LogP contribution in [0.4, 0.5) is 13.2 Å². The van der Waals surface area contributed by atoms with Gasteiger partial charge in [-0.3, -0.25) is 13.9 Å². The summed E-state index contributed by atoms with van der Waals surface area (Å²) in [4.78, 5) is 25.0. The molecule has 126 valence electrons. The number of imidazole rings is 1. The number of benzene rings is 1. The zero-order chi connectivity index (χ0) is 17.2. The van der Waals surface area contributed by atoms with Crippen molar-refractivity contribution in [3.8, 4) is 0 Å². The van der Waals surface area contributed by atoms with Crippen LogP contribution in [0.25, 0.3) is 11.0 Å². The van der Waals surface area contributed by atoms with Crippen LogP contribution in [0.5, 0.6) is 0 Å². The van der Waals surface area contributed by atoms with Gasteiger partial charge in [0.15, 0.2) is 0 Å². The summed E-state index contributed by atoms with van der Waals surface area (Å²) in [5.41, 5.74) is 0.826. The minimum atomic E-state index is -4.47. The number of carbonyl (C=O) groups is 1. The molecule has 0 saturated carbocycles. The van der Waals surface area contributed by atoms with E-state index in [2.05, 4.69) is 0 Å². The Balaban J connectivity index is 2.35. The van der Waals surface area contributed by atoms with E-state index in [0.717, 1.165) is 13.5 Å². The van der Waals surface area contributed by atoms with Gasteiger partial charge in [0.2, 0.25) is 5.91 Å². The number of para-hydroxylation sites is 2. The average Bonchev–Trinajstić information content (AvgIpc) is 2.72. The van der Waals surface area contributed by atoms with E-state index in [1.54, 1.807) is 24.3 Å². The van der Waals surface area contributed by atoms with Crippen LogP contribution < -0.4 is 5.69 Å². The maximum atomic E-state index is 12.5. The van der Waals surface area contributed by atoms with Crippen molar-refractivity contribution in [1.82, 2.24) is 14.0 Å². The summed E-state index contributed by atoms with van der Waals surface area (Å²) in [6.07, 6.45) is -3.73. The highest BCUT2D eigenvalue weighted by Crippen LogP contribution is 2.17. The molecule has 0 aliphatic heterocycles. The van der Waals surface area contributed by atoms with E-state index in [9.17, 15) is 22.8 Å². The zero-order valence-corrected chi connectivity index (χ0v) is 12.9. The topological polar surface area (TPSA) is 47.2 Å². The van der Waals surface area contributed by atoms with Gasteiger partial charge >= 0.3 is 11.9 Å². The fourth-order valence-electron chi connectivity index (χ4n) is 2.48. The number of fused-ring (bicyclic) bond motifs is 1. The number of amides is 1. The number of rotatable bonds is 5. The standard InChI is InChI=1S/C15H18F3N3O2/c1-3-8-20-11-6-4-5-7-12(11)21(14(20)23)9-13(22)19(2)10-15(16,17)18/h4-7H,3,8-10H2,1-2H3. The molecule has 1 aromatic carbocycles. The minimum absolute atomic E-state index is 0.387. The van der Waals surface area contributed by atoms with Gasteiger partial charge in [0.05, 0.1) is 11.0 Å². The van der Waals surface area contributed by atoms with Gasteiger partial charge in [0.1, 0.15) is 13.1 Å². The van der Waals surface area contributed by atoms with Gasteiger partial charge < -0.3 is 4.90 Å². The quantitative estimate of drug-likeness (QED) is 0.844. The number of aryl methyl sites for hydroxylation is 1. The first-order chi connectivity index (χ1) is 10.7. The second kappa shape index (κ2) is 6.47. The average molecular weight is 329 g/mol. The Bertz CT molecular complexity index is 761. The van der Waals surface area contributed by atoms with E-state index >= 15 is 0 Å². The maximum Gasteiger partial charge on any atom is 0.406 e. The lowest BCUT2D eigenvalue weighted by molar-refractivity contribution is -0.158. The predicted molar refractivity (Wildman–Crippen MR) is 80.2 cm³/mol. The van der Waals surface area contributed by atoms with Crippen LogP contribution in [0.3, 0.4) is 0 Å². The molecule has 0 N–H and O–H groups in total. The van der Waals surface area contributed by atoms with Crippen molar-refractivity contribution in [1.29, 1.82) is 0 Å². The number of alkyl halides is 3. The molecule has 8 heteroatoms. The molecule has 0 aliphatic rings. The summed E-state index contributed by atoms with van der Waals surface area (Å²) in [5.74, 6) is -0.760. The van der Waals surface area contributed by atoms with Gasteiger partial charge in [-0.25, -0.2) is 4.79 Å². The van der Waals surface area contributed by atoms with Crippen LogP contribution in [0.15, 0.2) is 29.1 Å². The van der Waals surface area contributed by atoms with Gasteiger partial charge in [0.25, 0.3) is 0 Å². The Morgan fingerprint density at radius 3 is 2.26 bits per heavy atom. The van der Waals surface area contributed by atoms with Crippen LogP contribution in [0.1, 0.15) is 13.3 Å². The third kappa shape index (κ3) is 3.75. The van der Waals surface area contributed by atoms with Crippen molar-refractivity contribution in [2.45, 2.75) is 32.6 Å². The summed E-state index contributed by atoms with van der Waals surface area (Å²) < 4.78 is 39.9. The molecule has 0 unspecified atom stereocenters. The molecule has 0 radical (unpaired) electrons. The second-order valence-electron chi connectivity index (χ2n) is 5.37. The first-order valence-corrected chi connectivity index (χ1v) is 7.23. The second-order valence-corrected chi connectivity index (χ2v) is 5.37. The summed E-state index contributed by atoms with van der Waals surface area (Å²) >= 11 is 0. The van der Waals surface area contributed by atoms with Gasteiger partial charge in [-0.2, -0.15) is 13.2 Å². The molecule has 0 saturated heterocycles. The highest BCUT2D eigenvalue weighted by Gasteiger charge is 2.31. The minimum Gasteiger partial charge on any atom is -0.335 e. The molecule has 2 rings (SSSR count). The number of carbonyl (C=O) groups excluding carboxylic acids is 1. The first-order valence-electron chi connectivity index (χ1n) is 7.23. The largest absolute Gasteiger partial charge is 0.406 e. The lowest BCUT2D eigenvalue weighted by Crippen LogP contribution is -2.39. The van der Waals surface area contributed by atoms with Crippen molar-refractivity contribution < 1.29 is 18.0 Å². The number of likely N-dealkylation sites (N-methyl/N-ethyl adjacent to an activating group) is 1. The molecule has 0 atom stereocenters. The molecule has 1 heterocycles. The maximum absolute atomic E-state index is 12.5. The summed E-state index contributed by atoms with van der Waals surface area (Å²) in [6, 6.07) is 6.93. The van der Waals surface area contributed by atoms with E-state index in [-0.39, 0.29) is 5.69 Å². The molecule has 1 amide bonds. The Morgan fingerprint density at radius 1 is 1.17 bits per heavy atom. The number of hydrogen-bond acceptors (Lipinski definition) is 2. The molecule has 2 aromatic rings. The van der Waals surface area contributed by atoms with Crippen LogP contribution in [0, 0.1) is 0 Å². The lowest BCUT2D eigenvalue weighted by atomic mass is 10.3. The fraction of sp³-hybridized carbons (Fsp3) is 0.467. The summed E-state index contributed by atoms with van der Waals surface area (Å²) in [6.45, 7) is 0.649. The Kier molecular flexibility index (Phi) is 4.82. The van der Waals surface area contributed by atoms with Crippen molar-refractivity contribution in [2.75, 3.05) is 13.6 Å². The van der Waals surface area contributed by atoms with E-state index in [1.165, 1.54) is 9.13 Å². The smallest absolute Gasteiger partial charge is 0.335 e. The van der Waals surface area contributed by atoms with Crippen LogP contribution in [0.2, 0.25) is 0 Å². The molecule has 0 fully saturated rings. The normalized spacial score (nSPS) is 11.9. The molecular weight excluding hydrogens is 311 g/mol. The van der Waals surface area contributed by atoms with Gasteiger partial charge in [-0.15, -0.1) is 0 Å². The molecule has 0 aliphatic carbocycles. The number of hydrogen-bond donors (Lipinski definition) is 0. The fourth-order valence-corrected chi connectivity index (χ4v) is 2.48. The molecule has 0 spiro atoms. The lowest BCUT2D eigenvalue weighted by Gasteiger charge is -2.19. The number of aromatic nitrogens is 2. The highest BCUT2D eigenvalue weighted by molar-refractivity contribution is 5.80. The SMILES string of the molecule is CCCn1c(=O)n(CC(=O)N(C)CC(F)(F)F)c2ccccc21. The highest BCUT2D eigenvalue weighted by atomic mass is 19.4. The molecule has 1 aromatic heterocycles. The van der Waals surface area contributed by atoms with Crippen LogP contribution in [-0.2, 0) is 17.9 Å². The van der Waals surface area contributed by atoms with E-state index in [1.807, 2.05) is 6.92 Å². The van der Waals surface area contributed by atoms with Crippen molar-refractivity contribution in [2.24, 2.45) is 0 Å². The van der Waals surface area contributed by atoms with E-state index in [4.69, 9.17) is 0 Å². The van der Waals surface area contributed by atoms with Crippen molar-refractivity contribution >= 4 is 16.9 Å². The molecule has 5 nitrogen and oxygen atoms in total. The number of halogens is 3. The van der Waals surface area contributed by atoms with E-state index in [0.29, 0.717) is 22.5 Å². The van der Waals surface area contributed by atoms with E-state index < -0.39 is 25.2 Å². The number of nitrogens with zero attached hydrogens (tertiary/aromatic N) is 3. The first kappa shape index (κ1) is 17.1. The molecule has 0 bridgehead atoms. The third-order valence-corrected chi connectivity index (χ3v) is 3.51.